The second kappa shape index (κ2) is 13.5. The molecule has 4 rings (SSSR count). The Morgan fingerprint density at radius 3 is 2.55 bits per heavy atom. The molecular weight excluding hydrogens is 529 g/mol. The molecule has 0 saturated carbocycles. The van der Waals surface area contributed by atoms with Gasteiger partial charge in [0, 0.05) is 13.1 Å². The van der Waals surface area contributed by atoms with Gasteiger partial charge in [-0.15, -0.1) is 0 Å². The molecule has 1 fully saturated rings. The van der Waals surface area contributed by atoms with Crippen LogP contribution >= 0.6 is 11.6 Å². The van der Waals surface area contributed by atoms with E-state index in [1.54, 1.807) is 12.1 Å². The lowest BCUT2D eigenvalue weighted by atomic mass is 9.86. The largest absolute Gasteiger partial charge is 0.342 e. The number of amidine groups is 1. The SMILES string of the molecule is CCC1CC(C)=CC(Nc2nc(Nc3cc(C)c(C4CCN(C(=O)CN(CC)CC)CC4)cc3F)ncc2Cl)=N1. The number of likely N-dealkylation sites (tertiary alicyclic amines) is 1. The standard InChI is InChI=1S/C30H41ClFN7O/c1-6-22-13-19(4)14-27(34-22)36-29-24(31)17-33-30(37-29)35-26-15-20(5)23(16-25(26)32)21-9-11-39(12-10-21)28(40)18-38(7-2)8-3/h14-17,21-22H,6-13,18H2,1-5H3,(H2,33,34,35,36,37). The van der Waals surface area contributed by atoms with Gasteiger partial charge in [0.2, 0.25) is 11.9 Å². The Labute approximate surface area is 242 Å². The maximum absolute atomic E-state index is 15.3. The summed E-state index contributed by atoms with van der Waals surface area (Å²) in [7, 11) is 0. The van der Waals surface area contributed by atoms with Crippen LogP contribution in [0.4, 0.5) is 21.8 Å². The molecule has 1 aromatic carbocycles. The van der Waals surface area contributed by atoms with Crippen molar-refractivity contribution in [2.45, 2.75) is 72.3 Å². The smallest absolute Gasteiger partial charge is 0.236 e. The number of halogens is 2. The van der Waals surface area contributed by atoms with Crippen LogP contribution in [0.3, 0.4) is 0 Å². The summed E-state index contributed by atoms with van der Waals surface area (Å²) in [6.07, 6.45) is 7.01. The number of nitrogens with one attached hydrogen (secondary N) is 2. The first-order valence-corrected chi connectivity index (χ1v) is 14.7. The topological polar surface area (TPSA) is 85.8 Å². The van der Waals surface area contributed by atoms with Gasteiger partial charge in [0.05, 0.1) is 24.5 Å². The molecule has 0 radical (unpaired) electrons. The molecule has 1 saturated heterocycles. The Kier molecular flexibility index (Phi) is 10.1. The van der Waals surface area contributed by atoms with Gasteiger partial charge in [0.15, 0.2) is 5.82 Å². The Balaban J connectivity index is 1.42. The molecular formula is C30H41ClFN7O. The number of carbonyl (C=O) groups is 1. The molecule has 40 heavy (non-hydrogen) atoms. The predicted molar refractivity (Wildman–Crippen MR) is 161 cm³/mol. The summed E-state index contributed by atoms with van der Waals surface area (Å²) < 4.78 is 15.3. The number of amides is 1. The van der Waals surface area contributed by atoms with E-state index in [2.05, 4.69) is 53.2 Å². The van der Waals surface area contributed by atoms with Crippen molar-refractivity contribution in [1.82, 2.24) is 19.8 Å². The van der Waals surface area contributed by atoms with Crippen molar-refractivity contribution in [3.8, 4) is 0 Å². The summed E-state index contributed by atoms with van der Waals surface area (Å²) in [6.45, 7) is 13.9. The molecule has 1 amide bonds. The van der Waals surface area contributed by atoms with Gasteiger partial charge in [-0.2, -0.15) is 4.98 Å². The van der Waals surface area contributed by atoms with Crippen LogP contribution in [0.1, 0.15) is 70.4 Å². The number of piperidine rings is 1. The molecule has 10 heteroatoms. The van der Waals surface area contributed by atoms with Crippen molar-refractivity contribution in [2.24, 2.45) is 4.99 Å². The Hall–Kier alpha value is -3.04. The van der Waals surface area contributed by atoms with Gasteiger partial charge in [-0.1, -0.05) is 37.9 Å². The van der Waals surface area contributed by atoms with E-state index in [1.165, 1.54) is 11.8 Å². The fraction of sp³-hybridized carbons (Fsp3) is 0.533. The van der Waals surface area contributed by atoms with Crippen molar-refractivity contribution in [3.63, 3.8) is 0 Å². The average Bonchev–Trinajstić information content (AvgIpc) is 2.94. The van der Waals surface area contributed by atoms with E-state index in [0.717, 1.165) is 49.9 Å². The minimum absolute atomic E-state index is 0.174. The highest BCUT2D eigenvalue weighted by Gasteiger charge is 2.26. The number of aromatic nitrogens is 2. The zero-order chi connectivity index (χ0) is 28.8. The second-order valence-electron chi connectivity index (χ2n) is 10.7. The van der Waals surface area contributed by atoms with Crippen LogP contribution in [-0.2, 0) is 4.79 Å². The van der Waals surface area contributed by atoms with E-state index in [9.17, 15) is 4.79 Å². The third-order valence-corrected chi connectivity index (χ3v) is 8.14. The molecule has 8 nitrogen and oxygen atoms in total. The van der Waals surface area contributed by atoms with Crippen LogP contribution < -0.4 is 10.6 Å². The summed E-state index contributed by atoms with van der Waals surface area (Å²) >= 11 is 6.37. The molecule has 1 unspecified atom stereocenters. The zero-order valence-electron chi connectivity index (χ0n) is 24.2. The monoisotopic (exact) mass is 569 g/mol. The lowest BCUT2D eigenvalue weighted by Crippen LogP contribution is -2.43. The molecule has 2 aromatic rings. The van der Waals surface area contributed by atoms with Crippen molar-refractivity contribution in [2.75, 3.05) is 43.4 Å². The van der Waals surface area contributed by atoms with E-state index in [0.29, 0.717) is 42.0 Å². The van der Waals surface area contributed by atoms with E-state index < -0.39 is 0 Å². The van der Waals surface area contributed by atoms with Gasteiger partial charge >= 0.3 is 0 Å². The predicted octanol–water partition coefficient (Wildman–Crippen LogP) is 6.31. The fourth-order valence-electron chi connectivity index (χ4n) is 5.42. The van der Waals surface area contributed by atoms with Crippen LogP contribution in [0.5, 0.6) is 0 Å². The van der Waals surface area contributed by atoms with Gasteiger partial charge < -0.3 is 15.5 Å². The lowest BCUT2D eigenvalue weighted by Gasteiger charge is -2.34. The fourth-order valence-corrected chi connectivity index (χ4v) is 5.55. The normalized spacial score (nSPS) is 18.0. The number of anilines is 3. The Morgan fingerprint density at radius 2 is 1.88 bits per heavy atom. The number of hydrogen-bond acceptors (Lipinski definition) is 7. The van der Waals surface area contributed by atoms with Crippen LogP contribution in [0.15, 0.2) is 35.0 Å². The number of hydrogen-bond donors (Lipinski definition) is 2. The van der Waals surface area contributed by atoms with Gasteiger partial charge in [0.25, 0.3) is 0 Å². The average molecular weight is 570 g/mol. The Morgan fingerprint density at radius 1 is 1.15 bits per heavy atom. The molecule has 0 bridgehead atoms. The van der Waals surface area contributed by atoms with Crippen LogP contribution in [0.2, 0.25) is 5.02 Å². The highest BCUT2D eigenvalue weighted by atomic mass is 35.5. The summed E-state index contributed by atoms with van der Waals surface area (Å²) in [5, 5.41) is 6.58. The molecule has 2 N–H and O–H groups in total. The van der Waals surface area contributed by atoms with Gasteiger partial charge in [-0.05, 0) is 87.9 Å². The van der Waals surface area contributed by atoms with Crippen molar-refractivity contribution >= 4 is 40.8 Å². The highest BCUT2D eigenvalue weighted by molar-refractivity contribution is 6.33. The number of carbonyl (C=O) groups excluding carboxylic acids is 1. The molecule has 0 spiro atoms. The number of likely N-dealkylation sites (N-methyl/N-ethyl adjacent to an activating group) is 1. The maximum atomic E-state index is 15.3. The minimum atomic E-state index is -0.366. The third kappa shape index (κ3) is 7.37. The first-order chi connectivity index (χ1) is 19.2. The highest BCUT2D eigenvalue weighted by Crippen LogP contribution is 2.34. The summed E-state index contributed by atoms with van der Waals surface area (Å²) in [5.41, 5.74) is 3.52. The lowest BCUT2D eigenvalue weighted by molar-refractivity contribution is -0.133. The molecule has 3 heterocycles. The minimum Gasteiger partial charge on any atom is -0.342 e. The van der Waals surface area contributed by atoms with Gasteiger partial charge in [-0.3, -0.25) is 14.7 Å². The number of dihydropyridines is 1. The number of nitrogens with zero attached hydrogens (tertiary/aromatic N) is 5. The van der Waals surface area contributed by atoms with Crippen LogP contribution in [-0.4, -0.2) is 70.3 Å². The molecule has 1 aromatic heterocycles. The van der Waals surface area contributed by atoms with E-state index in [-0.39, 0.29) is 29.6 Å². The van der Waals surface area contributed by atoms with Crippen LogP contribution in [0.25, 0.3) is 0 Å². The molecule has 216 valence electrons. The quantitative estimate of drug-likeness (QED) is 0.368. The van der Waals surface area contributed by atoms with E-state index >= 15 is 4.39 Å². The zero-order valence-corrected chi connectivity index (χ0v) is 25.0. The first-order valence-electron chi connectivity index (χ1n) is 14.3. The Bertz CT molecular complexity index is 1270. The van der Waals surface area contributed by atoms with Crippen molar-refractivity contribution in [3.05, 3.63) is 51.9 Å². The number of rotatable bonds is 9. The number of benzene rings is 1. The summed E-state index contributed by atoms with van der Waals surface area (Å²) in [4.78, 5) is 30.2. The van der Waals surface area contributed by atoms with E-state index in [1.807, 2.05) is 17.9 Å². The maximum Gasteiger partial charge on any atom is 0.236 e. The third-order valence-electron chi connectivity index (χ3n) is 7.87. The first kappa shape index (κ1) is 29.9. The van der Waals surface area contributed by atoms with E-state index in [4.69, 9.17) is 16.6 Å². The van der Waals surface area contributed by atoms with Crippen molar-refractivity contribution in [1.29, 1.82) is 0 Å². The molecule has 1 atom stereocenters. The second-order valence-corrected chi connectivity index (χ2v) is 11.1. The number of aryl methyl sites for hydroxylation is 1. The van der Waals surface area contributed by atoms with Gasteiger partial charge in [-0.25, -0.2) is 9.37 Å². The van der Waals surface area contributed by atoms with Crippen molar-refractivity contribution < 1.29 is 9.18 Å². The molecule has 2 aliphatic rings. The van der Waals surface area contributed by atoms with Gasteiger partial charge in [0.1, 0.15) is 16.7 Å². The molecule has 2 aliphatic heterocycles. The summed E-state index contributed by atoms with van der Waals surface area (Å²) in [6, 6.07) is 3.64. The van der Waals surface area contributed by atoms with Crippen LogP contribution in [0, 0.1) is 12.7 Å². The number of aliphatic imine (C=N–C) groups is 1. The molecule has 0 aliphatic carbocycles. The summed E-state index contributed by atoms with van der Waals surface area (Å²) in [5.74, 6) is 1.37.